The molecule has 1 aromatic carbocycles. The van der Waals surface area contributed by atoms with Gasteiger partial charge in [0.1, 0.15) is 10.0 Å². The summed E-state index contributed by atoms with van der Waals surface area (Å²) in [5.74, 6) is 0. The fourth-order valence-electron chi connectivity index (χ4n) is 1.92. The molecule has 6 heteroatoms. The first-order valence-corrected chi connectivity index (χ1v) is 8.60. The topological polar surface area (TPSA) is 37.8 Å². The summed E-state index contributed by atoms with van der Waals surface area (Å²) in [6.45, 7) is 5.32. The molecule has 0 aliphatic carbocycles. The van der Waals surface area contributed by atoms with Gasteiger partial charge >= 0.3 is 0 Å². The SMILES string of the molecule is CC(C)NCCCc1nnc(Cc2ccc(Cl)c(Cl)c2)s1. The summed E-state index contributed by atoms with van der Waals surface area (Å²) >= 11 is 13.6. The molecule has 0 unspecified atom stereocenters. The molecule has 21 heavy (non-hydrogen) atoms. The molecule has 0 aliphatic rings. The van der Waals surface area contributed by atoms with Gasteiger partial charge in [-0.2, -0.15) is 0 Å². The number of halogens is 2. The van der Waals surface area contributed by atoms with Crippen molar-refractivity contribution in [3.05, 3.63) is 43.8 Å². The number of nitrogens with one attached hydrogen (secondary N) is 1. The molecule has 3 nitrogen and oxygen atoms in total. The van der Waals surface area contributed by atoms with E-state index in [1.165, 1.54) is 0 Å². The van der Waals surface area contributed by atoms with E-state index in [1.807, 2.05) is 18.2 Å². The van der Waals surface area contributed by atoms with E-state index >= 15 is 0 Å². The van der Waals surface area contributed by atoms with Crippen molar-refractivity contribution in [3.8, 4) is 0 Å². The zero-order chi connectivity index (χ0) is 15.2. The Morgan fingerprint density at radius 2 is 1.90 bits per heavy atom. The number of aromatic nitrogens is 2. The molecule has 114 valence electrons. The predicted molar refractivity (Wildman–Crippen MR) is 90.6 cm³/mol. The van der Waals surface area contributed by atoms with Gasteiger partial charge in [-0.15, -0.1) is 21.5 Å². The molecule has 0 spiro atoms. The van der Waals surface area contributed by atoms with Crippen LogP contribution < -0.4 is 5.32 Å². The first-order chi connectivity index (χ1) is 10.0. The van der Waals surface area contributed by atoms with Gasteiger partial charge in [-0.05, 0) is 30.7 Å². The van der Waals surface area contributed by atoms with E-state index in [1.54, 1.807) is 11.3 Å². The van der Waals surface area contributed by atoms with Gasteiger partial charge in [0.25, 0.3) is 0 Å². The van der Waals surface area contributed by atoms with Crippen LogP contribution in [0, 0.1) is 0 Å². The fourth-order valence-corrected chi connectivity index (χ4v) is 3.16. The average Bonchev–Trinajstić information content (AvgIpc) is 2.86. The highest BCUT2D eigenvalue weighted by molar-refractivity contribution is 7.11. The minimum Gasteiger partial charge on any atom is -0.315 e. The molecule has 0 fully saturated rings. The van der Waals surface area contributed by atoms with Crippen molar-refractivity contribution < 1.29 is 0 Å². The molecule has 2 aromatic rings. The zero-order valence-electron chi connectivity index (χ0n) is 12.2. The first kappa shape index (κ1) is 16.7. The Labute approximate surface area is 139 Å². The number of benzene rings is 1. The highest BCUT2D eigenvalue weighted by Gasteiger charge is 2.07. The molecule has 0 saturated carbocycles. The van der Waals surface area contributed by atoms with Crippen LogP contribution in [0.5, 0.6) is 0 Å². The Morgan fingerprint density at radius 1 is 1.14 bits per heavy atom. The Kier molecular flexibility index (Phi) is 6.42. The maximum absolute atomic E-state index is 6.02. The third-order valence-electron chi connectivity index (χ3n) is 2.97. The molecule has 0 bridgehead atoms. The van der Waals surface area contributed by atoms with Crippen LogP contribution >= 0.6 is 34.5 Å². The lowest BCUT2D eigenvalue weighted by Gasteiger charge is -2.05. The summed E-state index contributed by atoms with van der Waals surface area (Å²) in [6.07, 6.45) is 2.80. The quantitative estimate of drug-likeness (QED) is 0.758. The number of hydrogen-bond donors (Lipinski definition) is 1. The summed E-state index contributed by atoms with van der Waals surface area (Å²) in [5.41, 5.74) is 1.11. The Balaban J connectivity index is 1.86. The van der Waals surface area contributed by atoms with Crippen molar-refractivity contribution >= 4 is 34.5 Å². The van der Waals surface area contributed by atoms with E-state index < -0.39 is 0 Å². The van der Waals surface area contributed by atoms with Crippen LogP contribution in [0.2, 0.25) is 10.0 Å². The molecular weight excluding hydrogens is 325 g/mol. The average molecular weight is 344 g/mol. The summed E-state index contributed by atoms with van der Waals surface area (Å²) < 4.78 is 0. The molecule has 0 amide bonds. The minimum atomic E-state index is 0.532. The minimum absolute atomic E-state index is 0.532. The van der Waals surface area contributed by atoms with Gasteiger partial charge in [0.05, 0.1) is 10.0 Å². The summed E-state index contributed by atoms with van der Waals surface area (Å²) in [6, 6.07) is 6.21. The monoisotopic (exact) mass is 343 g/mol. The molecule has 0 radical (unpaired) electrons. The number of aryl methyl sites for hydroxylation is 1. The van der Waals surface area contributed by atoms with E-state index in [0.717, 1.165) is 41.4 Å². The normalized spacial score (nSPS) is 11.3. The predicted octanol–water partition coefficient (Wildman–Crippen LogP) is 4.37. The van der Waals surface area contributed by atoms with E-state index in [-0.39, 0.29) is 0 Å². The maximum Gasteiger partial charge on any atom is 0.121 e. The van der Waals surface area contributed by atoms with Crippen LogP contribution in [0.3, 0.4) is 0 Å². The third kappa shape index (κ3) is 5.55. The second-order valence-electron chi connectivity index (χ2n) is 5.23. The summed E-state index contributed by atoms with van der Waals surface area (Å²) in [7, 11) is 0. The van der Waals surface area contributed by atoms with Crippen LogP contribution in [-0.4, -0.2) is 22.8 Å². The van der Waals surface area contributed by atoms with E-state index in [2.05, 4.69) is 29.4 Å². The van der Waals surface area contributed by atoms with Gasteiger partial charge in [-0.1, -0.05) is 43.1 Å². The second-order valence-corrected chi connectivity index (χ2v) is 7.19. The summed E-state index contributed by atoms with van der Waals surface area (Å²) in [4.78, 5) is 0. The van der Waals surface area contributed by atoms with Gasteiger partial charge in [-0.25, -0.2) is 0 Å². The third-order valence-corrected chi connectivity index (χ3v) is 4.69. The van der Waals surface area contributed by atoms with Crippen molar-refractivity contribution in [1.29, 1.82) is 0 Å². The van der Waals surface area contributed by atoms with Crippen molar-refractivity contribution in [2.75, 3.05) is 6.54 Å². The van der Waals surface area contributed by atoms with Crippen LogP contribution in [0.25, 0.3) is 0 Å². The maximum atomic E-state index is 6.02. The number of nitrogens with zero attached hydrogens (tertiary/aromatic N) is 2. The zero-order valence-corrected chi connectivity index (χ0v) is 14.5. The Bertz CT molecular complexity index is 584. The van der Waals surface area contributed by atoms with Crippen molar-refractivity contribution in [2.24, 2.45) is 0 Å². The fraction of sp³-hybridized carbons (Fsp3) is 0.467. The molecular formula is C15H19Cl2N3S. The molecule has 0 atom stereocenters. The molecule has 2 rings (SSSR count). The highest BCUT2D eigenvalue weighted by atomic mass is 35.5. The number of hydrogen-bond acceptors (Lipinski definition) is 4. The molecule has 0 aliphatic heterocycles. The largest absolute Gasteiger partial charge is 0.315 e. The van der Waals surface area contributed by atoms with Crippen LogP contribution in [-0.2, 0) is 12.8 Å². The standard InChI is InChI=1S/C15H19Cl2N3S/c1-10(2)18-7-3-4-14-19-20-15(21-14)9-11-5-6-12(16)13(17)8-11/h5-6,8,10,18H,3-4,7,9H2,1-2H3. The van der Waals surface area contributed by atoms with Gasteiger partial charge in [0.2, 0.25) is 0 Å². The van der Waals surface area contributed by atoms with E-state index in [0.29, 0.717) is 16.1 Å². The first-order valence-electron chi connectivity index (χ1n) is 7.03. The van der Waals surface area contributed by atoms with Crippen LogP contribution in [0.1, 0.15) is 35.8 Å². The molecule has 0 saturated heterocycles. The van der Waals surface area contributed by atoms with Gasteiger partial charge < -0.3 is 5.32 Å². The smallest absolute Gasteiger partial charge is 0.121 e. The van der Waals surface area contributed by atoms with Crippen molar-refractivity contribution in [1.82, 2.24) is 15.5 Å². The van der Waals surface area contributed by atoms with E-state index in [9.17, 15) is 0 Å². The lowest BCUT2D eigenvalue weighted by molar-refractivity contribution is 0.569. The van der Waals surface area contributed by atoms with Crippen molar-refractivity contribution in [2.45, 2.75) is 39.2 Å². The molecule has 1 heterocycles. The molecule has 1 aromatic heterocycles. The Hall–Kier alpha value is -0.680. The van der Waals surface area contributed by atoms with Crippen LogP contribution in [0.4, 0.5) is 0 Å². The summed E-state index contributed by atoms with van der Waals surface area (Å²) in [5, 5.41) is 15.2. The van der Waals surface area contributed by atoms with Crippen molar-refractivity contribution in [3.63, 3.8) is 0 Å². The van der Waals surface area contributed by atoms with Gasteiger partial charge in [0.15, 0.2) is 0 Å². The van der Waals surface area contributed by atoms with Gasteiger partial charge in [0, 0.05) is 18.9 Å². The molecule has 1 N–H and O–H groups in total. The Morgan fingerprint density at radius 3 is 2.62 bits per heavy atom. The number of rotatable bonds is 7. The highest BCUT2D eigenvalue weighted by Crippen LogP contribution is 2.24. The van der Waals surface area contributed by atoms with Gasteiger partial charge in [-0.3, -0.25) is 0 Å². The van der Waals surface area contributed by atoms with Crippen LogP contribution in [0.15, 0.2) is 18.2 Å². The second kappa shape index (κ2) is 8.08. The lowest BCUT2D eigenvalue weighted by Crippen LogP contribution is -2.23. The lowest BCUT2D eigenvalue weighted by atomic mass is 10.2. The van der Waals surface area contributed by atoms with E-state index in [4.69, 9.17) is 23.2 Å².